The highest BCUT2D eigenvalue weighted by atomic mass is 16.1. The number of nitrogens with zero attached hydrogens (tertiary/aromatic N) is 1. The molecule has 2 unspecified atom stereocenters. The van der Waals surface area contributed by atoms with E-state index in [-0.39, 0.29) is 5.91 Å². The Balaban J connectivity index is 1.34. The molecular formula is C24H32N4O. The fraction of sp³-hybridized carbons (Fsp3) is 0.458. The summed E-state index contributed by atoms with van der Waals surface area (Å²) in [6.07, 6.45) is 5.08. The van der Waals surface area contributed by atoms with Crippen LogP contribution < -0.4 is 16.4 Å². The first kappa shape index (κ1) is 19.8. The van der Waals surface area contributed by atoms with Gasteiger partial charge in [-0.2, -0.15) is 0 Å². The lowest BCUT2D eigenvalue weighted by atomic mass is 9.96. The number of carbonyl (C=O) groups is 1. The summed E-state index contributed by atoms with van der Waals surface area (Å²) in [5, 5.41) is 6.58. The number of hydrogen-bond donors (Lipinski definition) is 3. The average Bonchev–Trinajstić information content (AvgIpc) is 2.92. The number of nitrogens with two attached hydrogens (primary N) is 1. The maximum Gasteiger partial charge on any atom is 0.255 e. The minimum absolute atomic E-state index is 0.144. The number of carbonyl (C=O) groups excluding carboxylic acids is 1. The fourth-order valence-corrected chi connectivity index (χ4v) is 4.87. The van der Waals surface area contributed by atoms with Crippen LogP contribution in [0.4, 0.5) is 17.1 Å². The molecule has 2 fully saturated rings. The van der Waals surface area contributed by atoms with E-state index in [9.17, 15) is 4.79 Å². The van der Waals surface area contributed by atoms with E-state index in [4.69, 9.17) is 5.73 Å². The largest absolute Gasteiger partial charge is 0.397 e. The molecule has 2 atom stereocenters. The summed E-state index contributed by atoms with van der Waals surface area (Å²) in [7, 11) is 0. The molecule has 0 aliphatic carbocycles. The van der Waals surface area contributed by atoms with E-state index in [1.165, 1.54) is 32.2 Å². The molecule has 5 heteroatoms. The highest BCUT2D eigenvalue weighted by Gasteiger charge is 2.40. The number of nitrogens with one attached hydrogen (secondary N) is 2. The van der Waals surface area contributed by atoms with Gasteiger partial charge in [0, 0.05) is 35.9 Å². The third-order valence-corrected chi connectivity index (χ3v) is 6.19. The van der Waals surface area contributed by atoms with Crippen LogP contribution in [-0.4, -0.2) is 35.5 Å². The SMILES string of the molecule is CC(C)CN1C2CCC1CC(Nc1ccc(C(=O)Nc3ccccc3N)cc1)C2. The van der Waals surface area contributed by atoms with E-state index >= 15 is 0 Å². The van der Waals surface area contributed by atoms with Crippen molar-refractivity contribution in [2.75, 3.05) is 22.9 Å². The van der Waals surface area contributed by atoms with Crippen LogP contribution >= 0.6 is 0 Å². The Labute approximate surface area is 173 Å². The summed E-state index contributed by atoms with van der Waals surface area (Å²) in [4.78, 5) is 15.2. The summed E-state index contributed by atoms with van der Waals surface area (Å²) in [5.74, 6) is 0.585. The maximum absolute atomic E-state index is 12.5. The lowest BCUT2D eigenvalue weighted by Crippen LogP contribution is -2.48. The molecule has 4 rings (SSSR count). The molecular weight excluding hydrogens is 360 g/mol. The number of piperidine rings is 1. The van der Waals surface area contributed by atoms with E-state index in [1.807, 2.05) is 42.5 Å². The van der Waals surface area contributed by atoms with Gasteiger partial charge < -0.3 is 16.4 Å². The van der Waals surface area contributed by atoms with Crippen molar-refractivity contribution in [3.63, 3.8) is 0 Å². The number of amides is 1. The minimum Gasteiger partial charge on any atom is -0.397 e. The van der Waals surface area contributed by atoms with Crippen molar-refractivity contribution < 1.29 is 4.79 Å². The third-order valence-electron chi connectivity index (χ3n) is 6.19. The zero-order valence-electron chi connectivity index (χ0n) is 17.4. The second kappa shape index (κ2) is 8.46. The van der Waals surface area contributed by atoms with Gasteiger partial charge in [-0.1, -0.05) is 26.0 Å². The topological polar surface area (TPSA) is 70.4 Å². The van der Waals surface area contributed by atoms with Crippen LogP contribution in [0.1, 0.15) is 49.9 Å². The smallest absolute Gasteiger partial charge is 0.255 e. The normalized spacial score (nSPS) is 23.9. The molecule has 0 saturated carbocycles. The first-order valence-electron chi connectivity index (χ1n) is 10.8. The van der Waals surface area contributed by atoms with E-state index < -0.39 is 0 Å². The molecule has 1 amide bonds. The number of para-hydroxylation sites is 2. The van der Waals surface area contributed by atoms with Gasteiger partial charge in [-0.05, 0) is 68.0 Å². The summed E-state index contributed by atoms with van der Waals surface area (Å²) in [6, 6.07) is 17.0. The van der Waals surface area contributed by atoms with Gasteiger partial charge in [0.25, 0.3) is 5.91 Å². The number of nitrogen functional groups attached to an aromatic ring is 1. The molecule has 2 aliphatic rings. The van der Waals surface area contributed by atoms with E-state index in [0.29, 0.717) is 23.0 Å². The quantitative estimate of drug-likeness (QED) is 0.629. The van der Waals surface area contributed by atoms with Crippen LogP contribution in [0.5, 0.6) is 0 Å². The van der Waals surface area contributed by atoms with Crippen molar-refractivity contribution >= 4 is 23.0 Å². The minimum atomic E-state index is -0.144. The molecule has 0 radical (unpaired) electrons. The molecule has 2 bridgehead atoms. The Morgan fingerprint density at radius 3 is 2.34 bits per heavy atom. The number of benzene rings is 2. The predicted molar refractivity (Wildman–Crippen MR) is 120 cm³/mol. The highest BCUT2D eigenvalue weighted by molar-refractivity contribution is 6.05. The van der Waals surface area contributed by atoms with Crippen LogP contribution in [-0.2, 0) is 0 Å². The standard InChI is InChI=1S/C24H32N4O/c1-16(2)15-28-20-11-12-21(28)14-19(13-20)26-18-9-7-17(8-10-18)24(29)27-23-6-4-3-5-22(23)25/h3-10,16,19-21,26H,11-15,25H2,1-2H3,(H,27,29). The molecule has 2 aliphatic heterocycles. The van der Waals surface area contributed by atoms with Crippen LogP contribution in [0.25, 0.3) is 0 Å². The number of anilines is 3. The first-order chi connectivity index (χ1) is 14.0. The Kier molecular flexibility index (Phi) is 5.76. The van der Waals surface area contributed by atoms with Gasteiger partial charge in [0.15, 0.2) is 0 Å². The monoisotopic (exact) mass is 392 g/mol. The summed E-state index contributed by atoms with van der Waals surface area (Å²) >= 11 is 0. The van der Waals surface area contributed by atoms with Crippen molar-refractivity contribution in [3.8, 4) is 0 Å². The number of rotatable bonds is 6. The van der Waals surface area contributed by atoms with E-state index in [1.54, 1.807) is 6.07 Å². The lowest BCUT2D eigenvalue weighted by molar-refractivity contribution is 0.102. The van der Waals surface area contributed by atoms with Crippen molar-refractivity contribution in [2.24, 2.45) is 5.92 Å². The van der Waals surface area contributed by atoms with Gasteiger partial charge in [-0.15, -0.1) is 0 Å². The summed E-state index contributed by atoms with van der Waals surface area (Å²) in [5.41, 5.74) is 8.84. The van der Waals surface area contributed by atoms with Crippen LogP contribution in [0.15, 0.2) is 48.5 Å². The summed E-state index contributed by atoms with van der Waals surface area (Å²) < 4.78 is 0. The zero-order valence-corrected chi connectivity index (χ0v) is 17.4. The molecule has 2 aromatic rings. The second-order valence-electron chi connectivity index (χ2n) is 8.91. The molecule has 154 valence electrons. The van der Waals surface area contributed by atoms with Crippen LogP contribution in [0.3, 0.4) is 0 Å². The molecule has 4 N–H and O–H groups in total. The Hall–Kier alpha value is -2.53. The molecule has 2 heterocycles. The van der Waals surface area contributed by atoms with E-state index in [0.717, 1.165) is 23.7 Å². The van der Waals surface area contributed by atoms with Crippen molar-refractivity contribution in [2.45, 2.75) is 57.7 Å². The number of hydrogen-bond acceptors (Lipinski definition) is 4. The van der Waals surface area contributed by atoms with Gasteiger partial charge in [0.05, 0.1) is 11.4 Å². The molecule has 2 saturated heterocycles. The average molecular weight is 393 g/mol. The maximum atomic E-state index is 12.5. The first-order valence-corrected chi connectivity index (χ1v) is 10.8. The van der Waals surface area contributed by atoms with Gasteiger partial charge >= 0.3 is 0 Å². The highest BCUT2D eigenvalue weighted by Crippen LogP contribution is 2.37. The molecule has 5 nitrogen and oxygen atoms in total. The second-order valence-corrected chi connectivity index (χ2v) is 8.91. The summed E-state index contributed by atoms with van der Waals surface area (Å²) in [6.45, 7) is 5.85. The molecule has 0 spiro atoms. The molecule has 2 aromatic carbocycles. The van der Waals surface area contributed by atoms with Crippen LogP contribution in [0.2, 0.25) is 0 Å². The third kappa shape index (κ3) is 4.56. The zero-order chi connectivity index (χ0) is 20.4. The Morgan fingerprint density at radius 1 is 1.07 bits per heavy atom. The fourth-order valence-electron chi connectivity index (χ4n) is 4.87. The van der Waals surface area contributed by atoms with Gasteiger partial charge in [0.2, 0.25) is 0 Å². The molecule has 0 aromatic heterocycles. The van der Waals surface area contributed by atoms with Crippen molar-refractivity contribution in [1.29, 1.82) is 0 Å². The van der Waals surface area contributed by atoms with Gasteiger partial charge in [-0.3, -0.25) is 9.69 Å². The Bertz CT molecular complexity index is 834. The van der Waals surface area contributed by atoms with Gasteiger partial charge in [0.1, 0.15) is 0 Å². The van der Waals surface area contributed by atoms with Crippen molar-refractivity contribution in [3.05, 3.63) is 54.1 Å². The van der Waals surface area contributed by atoms with E-state index in [2.05, 4.69) is 29.4 Å². The predicted octanol–water partition coefficient (Wildman–Crippen LogP) is 4.58. The Morgan fingerprint density at radius 2 is 1.72 bits per heavy atom. The number of fused-ring (bicyclic) bond motifs is 2. The lowest BCUT2D eigenvalue weighted by Gasteiger charge is -2.40. The van der Waals surface area contributed by atoms with Crippen molar-refractivity contribution in [1.82, 2.24) is 4.90 Å². The molecule has 29 heavy (non-hydrogen) atoms. The van der Waals surface area contributed by atoms with Crippen LogP contribution in [0, 0.1) is 5.92 Å². The van der Waals surface area contributed by atoms with Gasteiger partial charge in [-0.25, -0.2) is 0 Å².